The van der Waals surface area contributed by atoms with Crippen molar-refractivity contribution >= 4 is 6.34 Å². The highest BCUT2D eigenvalue weighted by Gasteiger charge is 2.27. The molecule has 0 aromatic heterocycles. The summed E-state index contributed by atoms with van der Waals surface area (Å²) in [5, 5.41) is 7.42. The van der Waals surface area contributed by atoms with Crippen LogP contribution in [0.2, 0.25) is 0 Å². The highest BCUT2D eigenvalue weighted by molar-refractivity contribution is 5.57. The van der Waals surface area contributed by atoms with Crippen molar-refractivity contribution in [3.8, 4) is 0 Å². The molecule has 0 bridgehead atoms. The van der Waals surface area contributed by atoms with Crippen LogP contribution >= 0.6 is 0 Å². The summed E-state index contributed by atoms with van der Waals surface area (Å²) in [5.74, 6) is -1.00. The average molecular weight is 159 g/mol. The highest BCUT2D eigenvalue weighted by Crippen LogP contribution is 2.23. The van der Waals surface area contributed by atoms with Crippen LogP contribution in [0.25, 0.3) is 0 Å². The smallest absolute Gasteiger partial charge is 0.249 e. The second kappa shape index (κ2) is 2.49. The van der Waals surface area contributed by atoms with E-state index in [1.165, 1.54) is 6.34 Å². The second-order valence-electron chi connectivity index (χ2n) is 2.47. The minimum absolute atomic E-state index is 0.818. The molecule has 4 heteroatoms. The van der Waals surface area contributed by atoms with Crippen molar-refractivity contribution < 1.29 is 0 Å². The molecule has 0 amide bonds. The summed E-state index contributed by atoms with van der Waals surface area (Å²) in [6.45, 7) is 0. The number of nitrogens with two attached hydrogens (primary N) is 1. The molecule has 4 nitrogen and oxygen atoms in total. The summed E-state index contributed by atoms with van der Waals surface area (Å²) in [7, 11) is 0. The first-order chi connectivity index (χ1) is 5.81. The molecule has 0 aliphatic carbocycles. The first kappa shape index (κ1) is 7.12. The average Bonchev–Trinajstić information content (AvgIpc) is 2.55. The summed E-state index contributed by atoms with van der Waals surface area (Å²) in [6.07, 6.45) is 1.36. The first-order valence-electron chi connectivity index (χ1n) is 3.52. The summed E-state index contributed by atoms with van der Waals surface area (Å²) < 4.78 is 0. The zero-order chi connectivity index (χ0) is 8.44. The van der Waals surface area contributed by atoms with Crippen LogP contribution in [0.3, 0.4) is 0 Å². The maximum atomic E-state index is 5.81. The van der Waals surface area contributed by atoms with Crippen molar-refractivity contribution in [2.45, 2.75) is 5.79 Å². The van der Waals surface area contributed by atoms with Crippen molar-refractivity contribution in [1.29, 1.82) is 0 Å². The number of benzene rings is 1. The minimum Gasteiger partial charge on any atom is -0.283 e. The third-order valence-electron chi connectivity index (χ3n) is 1.66. The molecule has 1 radical (unpaired) electrons. The molecule has 0 fully saturated rings. The molecule has 1 aromatic carbocycles. The third-order valence-corrected chi connectivity index (χ3v) is 1.66. The minimum atomic E-state index is -1.00. The largest absolute Gasteiger partial charge is 0.283 e. The van der Waals surface area contributed by atoms with Crippen molar-refractivity contribution in [3.05, 3.63) is 35.9 Å². The lowest BCUT2D eigenvalue weighted by Crippen LogP contribution is -2.30. The highest BCUT2D eigenvalue weighted by atomic mass is 15.4. The van der Waals surface area contributed by atoms with Crippen LogP contribution in [0, 0.1) is 6.07 Å². The van der Waals surface area contributed by atoms with Gasteiger partial charge in [0.2, 0.25) is 5.79 Å². The fourth-order valence-electron chi connectivity index (χ4n) is 1.02. The molecule has 12 heavy (non-hydrogen) atoms. The Labute approximate surface area is 69.8 Å². The summed E-state index contributed by atoms with van der Waals surface area (Å²) in [4.78, 5) is 3.94. The van der Waals surface area contributed by atoms with Crippen molar-refractivity contribution in [3.63, 3.8) is 0 Å². The number of aliphatic imine (C=N–C) groups is 1. The van der Waals surface area contributed by atoms with E-state index in [-0.39, 0.29) is 0 Å². The van der Waals surface area contributed by atoms with Crippen molar-refractivity contribution in [2.75, 3.05) is 0 Å². The van der Waals surface area contributed by atoms with Gasteiger partial charge in [0.25, 0.3) is 0 Å². The zero-order valence-electron chi connectivity index (χ0n) is 6.31. The van der Waals surface area contributed by atoms with Gasteiger partial charge in [0.05, 0.1) is 0 Å². The quantitative estimate of drug-likeness (QED) is 0.654. The molecule has 59 valence electrons. The maximum absolute atomic E-state index is 5.81. The van der Waals surface area contributed by atoms with E-state index < -0.39 is 5.79 Å². The zero-order valence-corrected chi connectivity index (χ0v) is 6.31. The summed E-state index contributed by atoms with van der Waals surface area (Å²) >= 11 is 0. The lowest BCUT2D eigenvalue weighted by molar-refractivity contribution is 0.494. The second-order valence-corrected chi connectivity index (χ2v) is 2.47. The van der Waals surface area contributed by atoms with Gasteiger partial charge < -0.3 is 0 Å². The van der Waals surface area contributed by atoms with Crippen LogP contribution < -0.4 is 5.73 Å². The van der Waals surface area contributed by atoms with Gasteiger partial charge in [-0.25, -0.2) is 4.99 Å². The number of rotatable bonds is 1. The Bertz CT molecular complexity index is 316. The molecular weight excluding hydrogens is 152 g/mol. The van der Waals surface area contributed by atoms with Crippen LogP contribution in [0.1, 0.15) is 5.56 Å². The Morgan fingerprint density at radius 2 is 2.08 bits per heavy atom. The lowest BCUT2D eigenvalue weighted by atomic mass is 10.1. The van der Waals surface area contributed by atoms with Crippen LogP contribution in [0.15, 0.2) is 39.5 Å². The maximum Gasteiger partial charge on any atom is 0.249 e. The molecule has 0 saturated carbocycles. The van der Waals surface area contributed by atoms with E-state index in [0.717, 1.165) is 5.56 Å². The number of azo groups is 1. The Kier molecular flexibility index (Phi) is 1.48. The van der Waals surface area contributed by atoms with Crippen LogP contribution in [0.4, 0.5) is 0 Å². The van der Waals surface area contributed by atoms with Crippen LogP contribution in [-0.4, -0.2) is 6.34 Å². The molecule has 0 saturated heterocycles. The third kappa shape index (κ3) is 1.02. The van der Waals surface area contributed by atoms with Crippen LogP contribution in [0.5, 0.6) is 0 Å². The van der Waals surface area contributed by atoms with Gasteiger partial charge in [0, 0.05) is 5.56 Å². The fraction of sp³-hybridized carbons (Fsp3) is 0.125. The Balaban J connectivity index is 2.43. The summed E-state index contributed by atoms with van der Waals surface area (Å²) in [6, 6.07) is 10.1. The van der Waals surface area contributed by atoms with Gasteiger partial charge in [-0.3, -0.25) is 5.73 Å². The van der Waals surface area contributed by atoms with Gasteiger partial charge in [-0.1, -0.05) is 24.3 Å². The lowest BCUT2D eigenvalue weighted by Gasteiger charge is -2.14. The molecule has 1 aliphatic heterocycles. The predicted octanol–water partition coefficient (Wildman–Crippen LogP) is 1.05. The molecule has 1 aromatic rings. The SMILES string of the molecule is NC1(c2cc[c]cc2)N=CN=N1. The normalized spacial score (nSPS) is 26.4. The molecule has 1 aliphatic rings. The van der Waals surface area contributed by atoms with E-state index in [4.69, 9.17) is 5.73 Å². The first-order valence-corrected chi connectivity index (χ1v) is 3.52. The Morgan fingerprint density at radius 3 is 2.67 bits per heavy atom. The Hall–Kier alpha value is -1.55. The van der Waals surface area contributed by atoms with E-state index in [0.29, 0.717) is 0 Å². The van der Waals surface area contributed by atoms with E-state index in [1.807, 2.05) is 12.1 Å². The van der Waals surface area contributed by atoms with Crippen molar-refractivity contribution in [1.82, 2.24) is 0 Å². The van der Waals surface area contributed by atoms with E-state index in [9.17, 15) is 0 Å². The van der Waals surface area contributed by atoms with E-state index in [1.54, 1.807) is 12.1 Å². The molecular formula is C8H7N4. The number of hydrogen-bond donors (Lipinski definition) is 1. The fourth-order valence-corrected chi connectivity index (χ4v) is 1.02. The number of hydrogen-bond acceptors (Lipinski definition) is 4. The van der Waals surface area contributed by atoms with Gasteiger partial charge in [-0.05, 0) is 6.07 Å². The van der Waals surface area contributed by atoms with Gasteiger partial charge in [0.15, 0.2) is 0 Å². The van der Waals surface area contributed by atoms with Gasteiger partial charge in [-0.2, -0.15) is 0 Å². The summed E-state index contributed by atoms with van der Waals surface area (Å²) in [5.41, 5.74) is 6.63. The number of nitrogens with zero attached hydrogens (tertiary/aromatic N) is 3. The predicted molar refractivity (Wildman–Crippen MR) is 44.5 cm³/mol. The van der Waals surface area contributed by atoms with Gasteiger partial charge in [-0.15, -0.1) is 10.2 Å². The molecule has 2 rings (SSSR count). The van der Waals surface area contributed by atoms with Gasteiger partial charge >= 0.3 is 0 Å². The molecule has 0 spiro atoms. The van der Waals surface area contributed by atoms with Crippen LogP contribution in [-0.2, 0) is 5.79 Å². The van der Waals surface area contributed by atoms with E-state index >= 15 is 0 Å². The molecule has 1 atom stereocenters. The molecule has 1 unspecified atom stereocenters. The standard InChI is InChI=1S/C8H7N4/c9-8(10-6-11-12-8)7-4-2-1-3-5-7/h2-6H,9H2. The molecule has 2 N–H and O–H groups in total. The monoisotopic (exact) mass is 159 g/mol. The topological polar surface area (TPSA) is 63.1 Å². The van der Waals surface area contributed by atoms with E-state index in [2.05, 4.69) is 21.3 Å². The van der Waals surface area contributed by atoms with Gasteiger partial charge in [0.1, 0.15) is 6.34 Å². The molecule has 1 heterocycles. The van der Waals surface area contributed by atoms with Crippen molar-refractivity contribution in [2.24, 2.45) is 21.0 Å². The Morgan fingerprint density at radius 1 is 1.33 bits per heavy atom.